The summed E-state index contributed by atoms with van der Waals surface area (Å²) < 4.78 is 23.4. The Morgan fingerprint density at radius 3 is 2.43 bits per heavy atom. The van der Waals surface area contributed by atoms with Crippen molar-refractivity contribution in [2.75, 3.05) is 18.1 Å². The van der Waals surface area contributed by atoms with Gasteiger partial charge in [-0.15, -0.1) is 0 Å². The van der Waals surface area contributed by atoms with Crippen LogP contribution in [0.4, 0.5) is 0 Å². The summed E-state index contributed by atoms with van der Waals surface area (Å²) >= 11 is 0. The Morgan fingerprint density at radius 1 is 1.38 bits per heavy atom. The van der Waals surface area contributed by atoms with E-state index in [1.54, 1.807) is 11.8 Å². The van der Waals surface area contributed by atoms with E-state index in [-0.39, 0.29) is 30.4 Å². The van der Waals surface area contributed by atoms with Gasteiger partial charge in [0.2, 0.25) is 5.91 Å². The largest absolute Gasteiger partial charge is 0.481 e. The van der Waals surface area contributed by atoms with E-state index in [2.05, 4.69) is 5.32 Å². The van der Waals surface area contributed by atoms with Gasteiger partial charge in [0, 0.05) is 18.1 Å². The highest BCUT2D eigenvalue weighted by atomic mass is 32.2. The number of amides is 1. The molecule has 122 valence electrons. The summed E-state index contributed by atoms with van der Waals surface area (Å²) in [6.45, 7) is 7.42. The number of carboxylic acids is 1. The van der Waals surface area contributed by atoms with Crippen molar-refractivity contribution < 1.29 is 23.1 Å². The van der Waals surface area contributed by atoms with E-state index in [1.165, 1.54) is 0 Å². The summed E-state index contributed by atoms with van der Waals surface area (Å²) in [7, 11) is -3.24. The molecular formula is C13H24N2O5S. The van der Waals surface area contributed by atoms with E-state index in [0.717, 1.165) is 0 Å². The second-order valence-electron chi connectivity index (χ2n) is 6.52. The molecule has 1 heterocycles. The van der Waals surface area contributed by atoms with E-state index in [9.17, 15) is 18.0 Å². The molecule has 1 aliphatic rings. The fourth-order valence-corrected chi connectivity index (χ4v) is 3.96. The zero-order valence-corrected chi connectivity index (χ0v) is 13.7. The number of nitrogens with zero attached hydrogens (tertiary/aromatic N) is 1. The van der Waals surface area contributed by atoms with E-state index in [0.29, 0.717) is 0 Å². The molecule has 8 heteroatoms. The van der Waals surface area contributed by atoms with Gasteiger partial charge in [0.15, 0.2) is 9.84 Å². The smallest absolute Gasteiger partial charge is 0.304 e. The van der Waals surface area contributed by atoms with Crippen molar-refractivity contribution >= 4 is 21.7 Å². The fraction of sp³-hybridized carbons (Fsp3) is 0.846. The summed E-state index contributed by atoms with van der Waals surface area (Å²) in [4.78, 5) is 24.8. The van der Waals surface area contributed by atoms with E-state index in [4.69, 9.17) is 5.11 Å². The van der Waals surface area contributed by atoms with E-state index in [1.807, 2.05) is 20.8 Å². The lowest BCUT2D eigenvalue weighted by Gasteiger charge is -2.39. The Labute approximate surface area is 125 Å². The Kier molecular flexibility index (Phi) is 5.38. The van der Waals surface area contributed by atoms with Gasteiger partial charge in [-0.25, -0.2) is 8.42 Å². The highest BCUT2D eigenvalue weighted by Gasteiger charge is 2.37. The molecule has 0 aliphatic carbocycles. The molecule has 1 aliphatic heterocycles. The van der Waals surface area contributed by atoms with E-state index < -0.39 is 33.4 Å². The van der Waals surface area contributed by atoms with E-state index >= 15 is 0 Å². The van der Waals surface area contributed by atoms with Crippen LogP contribution in [0.1, 0.15) is 34.1 Å². The SMILES string of the molecule is CC(C(=O)NC(C)(C)C)N1CCS(=O)(=O)CC1CC(=O)O. The second kappa shape index (κ2) is 6.31. The van der Waals surface area contributed by atoms with Gasteiger partial charge in [-0.3, -0.25) is 14.5 Å². The van der Waals surface area contributed by atoms with Crippen LogP contribution in [-0.4, -0.2) is 66.0 Å². The Bertz CT molecular complexity index is 509. The molecule has 0 aromatic heterocycles. The second-order valence-corrected chi connectivity index (χ2v) is 8.75. The predicted octanol–water partition coefficient (Wildman–Crippen LogP) is -0.137. The molecule has 2 N–H and O–H groups in total. The first-order valence-corrected chi connectivity index (χ1v) is 8.73. The van der Waals surface area contributed by atoms with Crippen LogP contribution in [0.5, 0.6) is 0 Å². The van der Waals surface area contributed by atoms with Crippen molar-refractivity contribution in [2.45, 2.75) is 51.7 Å². The lowest BCUT2D eigenvalue weighted by Crippen LogP contribution is -2.58. The van der Waals surface area contributed by atoms with Crippen molar-refractivity contribution in [1.82, 2.24) is 10.2 Å². The molecule has 0 saturated carbocycles. The summed E-state index contributed by atoms with van der Waals surface area (Å²) in [5.41, 5.74) is -0.393. The van der Waals surface area contributed by atoms with Crippen LogP contribution >= 0.6 is 0 Å². The highest BCUT2D eigenvalue weighted by Crippen LogP contribution is 2.18. The lowest BCUT2D eigenvalue weighted by molar-refractivity contribution is -0.139. The fourth-order valence-electron chi connectivity index (χ4n) is 2.41. The van der Waals surface area contributed by atoms with Crippen molar-refractivity contribution in [3.8, 4) is 0 Å². The number of carbonyl (C=O) groups is 2. The normalized spacial score (nSPS) is 24.3. The topological polar surface area (TPSA) is 104 Å². The molecule has 21 heavy (non-hydrogen) atoms. The number of hydrogen-bond donors (Lipinski definition) is 2. The lowest BCUT2D eigenvalue weighted by atomic mass is 10.1. The van der Waals surface area contributed by atoms with Crippen LogP contribution in [0.2, 0.25) is 0 Å². The first kappa shape index (κ1) is 17.9. The number of nitrogens with one attached hydrogen (secondary N) is 1. The van der Waals surface area contributed by atoms with Gasteiger partial charge in [-0.2, -0.15) is 0 Å². The first-order valence-electron chi connectivity index (χ1n) is 6.91. The van der Waals surface area contributed by atoms with Gasteiger partial charge in [0.1, 0.15) is 0 Å². The van der Waals surface area contributed by atoms with Crippen LogP contribution in [0.15, 0.2) is 0 Å². The third kappa shape index (κ3) is 5.62. The van der Waals surface area contributed by atoms with Crippen molar-refractivity contribution in [1.29, 1.82) is 0 Å². The number of carbonyl (C=O) groups excluding carboxylic acids is 1. The first-order chi connectivity index (χ1) is 9.41. The van der Waals surface area contributed by atoms with Gasteiger partial charge in [0.05, 0.1) is 24.0 Å². The molecule has 2 unspecified atom stereocenters. The van der Waals surface area contributed by atoms with Gasteiger partial charge >= 0.3 is 5.97 Å². The summed E-state index contributed by atoms with van der Waals surface area (Å²) in [6.07, 6.45) is -0.285. The van der Waals surface area contributed by atoms with Crippen molar-refractivity contribution in [2.24, 2.45) is 0 Å². The average Bonchev–Trinajstić information content (AvgIpc) is 2.23. The molecule has 0 radical (unpaired) electrons. The molecular weight excluding hydrogens is 296 g/mol. The minimum atomic E-state index is -3.24. The summed E-state index contributed by atoms with van der Waals surface area (Å²) in [5.74, 6) is -1.55. The van der Waals surface area contributed by atoms with Crippen LogP contribution < -0.4 is 5.32 Å². The average molecular weight is 320 g/mol. The van der Waals surface area contributed by atoms with Gasteiger partial charge < -0.3 is 10.4 Å². The van der Waals surface area contributed by atoms with Crippen LogP contribution in [0.3, 0.4) is 0 Å². The highest BCUT2D eigenvalue weighted by molar-refractivity contribution is 7.91. The zero-order chi connectivity index (χ0) is 16.4. The third-order valence-electron chi connectivity index (χ3n) is 3.36. The summed E-state index contributed by atoms with van der Waals surface area (Å²) in [5, 5.41) is 11.8. The van der Waals surface area contributed by atoms with Crippen LogP contribution in [0.25, 0.3) is 0 Å². The number of hydrogen-bond acceptors (Lipinski definition) is 5. The molecule has 2 atom stereocenters. The Morgan fingerprint density at radius 2 is 1.95 bits per heavy atom. The number of sulfone groups is 1. The van der Waals surface area contributed by atoms with Crippen LogP contribution in [-0.2, 0) is 19.4 Å². The van der Waals surface area contributed by atoms with Gasteiger partial charge in [-0.05, 0) is 27.7 Å². The maximum Gasteiger partial charge on any atom is 0.304 e. The number of rotatable bonds is 4. The molecule has 7 nitrogen and oxygen atoms in total. The minimum Gasteiger partial charge on any atom is -0.481 e. The molecule has 1 amide bonds. The van der Waals surface area contributed by atoms with Crippen molar-refractivity contribution in [3.05, 3.63) is 0 Å². The molecule has 0 spiro atoms. The van der Waals surface area contributed by atoms with Gasteiger partial charge in [-0.1, -0.05) is 0 Å². The quantitative estimate of drug-likeness (QED) is 0.747. The molecule has 0 bridgehead atoms. The zero-order valence-electron chi connectivity index (χ0n) is 12.9. The van der Waals surface area contributed by atoms with Crippen molar-refractivity contribution in [3.63, 3.8) is 0 Å². The molecule has 1 saturated heterocycles. The predicted molar refractivity (Wildman–Crippen MR) is 78.8 cm³/mol. The number of aliphatic carboxylic acids is 1. The molecule has 1 fully saturated rings. The Balaban J connectivity index is 2.86. The maximum absolute atomic E-state index is 12.2. The summed E-state index contributed by atoms with van der Waals surface area (Å²) in [6, 6.07) is -1.23. The Hall–Kier alpha value is -1.15. The number of carboxylic acid groups (broad SMARTS) is 1. The standard InChI is InChI=1S/C13H24N2O5S/c1-9(12(18)14-13(2,3)4)15-5-6-21(19,20)8-10(15)7-11(16)17/h9-10H,5-8H2,1-4H3,(H,14,18)(H,16,17). The minimum absolute atomic E-state index is 0.0454. The third-order valence-corrected chi connectivity index (χ3v) is 5.06. The molecule has 0 aromatic rings. The molecule has 1 rings (SSSR count). The van der Waals surface area contributed by atoms with Crippen LogP contribution in [0, 0.1) is 0 Å². The van der Waals surface area contributed by atoms with Gasteiger partial charge in [0.25, 0.3) is 0 Å². The maximum atomic E-state index is 12.2. The monoisotopic (exact) mass is 320 g/mol. The molecule has 0 aromatic carbocycles.